The maximum absolute atomic E-state index is 11.3. The van der Waals surface area contributed by atoms with Crippen molar-refractivity contribution >= 4 is 6.03 Å². The molecule has 2 rings (SSSR count). The lowest BCUT2D eigenvalue weighted by atomic mass is 10.3. The largest absolute Gasteiger partial charge is 0.341 e. The Kier molecular flexibility index (Phi) is 2.91. The summed E-state index contributed by atoms with van der Waals surface area (Å²) in [7, 11) is 1.69. The Morgan fingerprint density at radius 1 is 1.29 bits per heavy atom. The lowest BCUT2D eigenvalue weighted by Crippen LogP contribution is -2.51. The van der Waals surface area contributed by atoms with Crippen LogP contribution in [0.2, 0.25) is 0 Å². The zero-order chi connectivity index (χ0) is 9.97. The molecule has 0 spiro atoms. The first kappa shape index (κ1) is 9.77. The Morgan fingerprint density at radius 2 is 1.93 bits per heavy atom. The molecule has 1 saturated heterocycles. The van der Waals surface area contributed by atoms with Crippen LogP contribution in [-0.4, -0.2) is 55.6 Å². The summed E-state index contributed by atoms with van der Waals surface area (Å²) in [5.41, 5.74) is 0. The average molecular weight is 197 g/mol. The molecule has 14 heavy (non-hydrogen) atoms. The molecule has 1 saturated carbocycles. The summed E-state index contributed by atoms with van der Waals surface area (Å²) in [6, 6.07) is 0.0658. The molecule has 0 aromatic heterocycles. The normalized spacial score (nSPS) is 23.6. The van der Waals surface area contributed by atoms with Crippen molar-refractivity contribution in [1.29, 1.82) is 0 Å². The van der Waals surface area contributed by atoms with E-state index < -0.39 is 0 Å². The summed E-state index contributed by atoms with van der Waals surface area (Å²) < 4.78 is 0. The second-order valence-electron chi connectivity index (χ2n) is 4.29. The van der Waals surface area contributed by atoms with E-state index in [1.807, 2.05) is 4.90 Å². The van der Waals surface area contributed by atoms with E-state index in [4.69, 9.17) is 0 Å². The van der Waals surface area contributed by atoms with Gasteiger partial charge in [0.1, 0.15) is 0 Å². The molecule has 4 heteroatoms. The Morgan fingerprint density at radius 3 is 2.43 bits per heavy atom. The van der Waals surface area contributed by atoms with Gasteiger partial charge in [0.05, 0.1) is 0 Å². The average Bonchev–Trinajstić information content (AvgIpc) is 3.02. The third kappa shape index (κ3) is 2.38. The minimum atomic E-state index is 0.0658. The number of hydrogen-bond donors (Lipinski definition) is 1. The highest BCUT2D eigenvalue weighted by molar-refractivity contribution is 5.73. The molecule has 4 nitrogen and oxygen atoms in total. The predicted molar refractivity (Wildman–Crippen MR) is 55.2 cm³/mol. The number of nitrogens with one attached hydrogen (secondary N) is 1. The summed E-state index contributed by atoms with van der Waals surface area (Å²) >= 11 is 0. The van der Waals surface area contributed by atoms with Crippen LogP contribution in [0.5, 0.6) is 0 Å². The van der Waals surface area contributed by atoms with Crippen molar-refractivity contribution in [3.05, 3.63) is 0 Å². The van der Waals surface area contributed by atoms with Gasteiger partial charge in [-0.05, 0) is 18.8 Å². The molecule has 2 fully saturated rings. The molecule has 0 unspecified atom stereocenters. The van der Waals surface area contributed by atoms with Gasteiger partial charge in [0.25, 0.3) is 0 Å². The maximum Gasteiger partial charge on any atom is 0.317 e. The summed E-state index contributed by atoms with van der Waals surface area (Å²) in [6.45, 7) is 5.11. The third-order valence-electron chi connectivity index (χ3n) is 3.09. The van der Waals surface area contributed by atoms with Crippen LogP contribution < -0.4 is 5.32 Å². The van der Waals surface area contributed by atoms with Crippen molar-refractivity contribution in [2.24, 2.45) is 5.92 Å². The van der Waals surface area contributed by atoms with Crippen molar-refractivity contribution in [2.45, 2.75) is 12.8 Å². The molecule has 0 aromatic rings. The molecule has 0 radical (unpaired) electrons. The van der Waals surface area contributed by atoms with Crippen LogP contribution in [0, 0.1) is 5.92 Å². The number of piperazine rings is 1. The standard InChI is InChI=1S/C10H19N3O/c1-11-10(14)13-6-4-12(5-7-13)8-9-2-3-9/h9H,2-8H2,1H3,(H,11,14). The maximum atomic E-state index is 11.3. The summed E-state index contributed by atoms with van der Waals surface area (Å²) in [4.78, 5) is 15.7. The molecule has 2 aliphatic rings. The molecular weight excluding hydrogens is 178 g/mol. The molecule has 0 aromatic carbocycles. The van der Waals surface area contributed by atoms with Crippen molar-refractivity contribution in [1.82, 2.24) is 15.1 Å². The van der Waals surface area contributed by atoms with Crippen molar-refractivity contribution in [3.63, 3.8) is 0 Å². The van der Waals surface area contributed by atoms with Crippen molar-refractivity contribution < 1.29 is 4.79 Å². The van der Waals surface area contributed by atoms with Crippen LogP contribution in [0.1, 0.15) is 12.8 Å². The minimum absolute atomic E-state index is 0.0658. The Balaban J connectivity index is 1.71. The van der Waals surface area contributed by atoms with Crippen LogP contribution in [0.4, 0.5) is 4.79 Å². The molecule has 1 N–H and O–H groups in total. The van der Waals surface area contributed by atoms with Gasteiger partial charge in [-0.15, -0.1) is 0 Å². The van der Waals surface area contributed by atoms with Gasteiger partial charge in [-0.1, -0.05) is 0 Å². The van der Waals surface area contributed by atoms with Crippen LogP contribution in [0.3, 0.4) is 0 Å². The number of rotatable bonds is 2. The van der Waals surface area contributed by atoms with Crippen LogP contribution in [0.15, 0.2) is 0 Å². The van der Waals surface area contributed by atoms with Crippen molar-refractivity contribution in [3.8, 4) is 0 Å². The molecule has 1 aliphatic heterocycles. The molecule has 0 bridgehead atoms. The van der Waals surface area contributed by atoms with E-state index in [0.29, 0.717) is 0 Å². The van der Waals surface area contributed by atoms with E-state index in [9.17, 15) is 4.79 Å². The van der Waals surface area contributed by atoms with E-state index >= 15 is 0 Å². The minimum Gasteiger partial charge on any atom is -0.341 e. The summed E-state index contributed by atoms with van der Waals surface area (Å²) in [5.74, 6) is 0.960. The fraction of sp³-hybridized carbons (Fsp3) is 0.900. The van der Waals surface area contributed by atoms with Gasteiger partial charge in [0.15, 0.2) is 0 Å². The number of hydrogen-bond acceptors (Lipinski definition) is 2. The first-order valence-corrected chi connectivity index (χ1v) is 5.48. The molecular formula is C10H19N3O. The Bertz CT molecular complexity index is 207. The SMILES string of the molecule is CNC(=O)N1CCN(CC2CC2)CC1. The quantitative estimate of drug-likeness (QED) is 0.693. The highest BCUT2D eigenvalue weighted by Gasteiger charge is 2.27. The number of urea groups is 1. The molecule has 1 aliphatic carbocycles. The van der Waals surface area contributed by atoms with Gasteiger partial charge < -0.3 is 10.2 Å². The number of nitrogens with zero attached hydrogens (tertiary/aromatic N) is 2. The summed E-state index contributed by atoms with van der Waals surface area (Å²) in [5, 5.41) is 2.67. The van der Waals surface area contributed by atoms with Crippen molar-refractivity contribution in [2.75, 3.05) is 39.8 Å². The number of amides is 2. The number of carbonyl (C=O) groups excluding carboxylic acids is 1. The van der Waals surface area contributed by atoms with E-state index in [1.54, 1.807) is 7.05 Å². The van der Waals surface area contributed by atoms with E-state index in [1.165, 1.54) is 19.4 Å². The highest BCUT2D eigenvalue weighted by Crippen LogP contribution is 2.29. The Hall–Kier alpha value is -0.770. The fourth-order valence-corrected chi connectivity index (χ4v) is 1.96. The lowest BCUT2D eigenvalue weighted by Gasteiger charge is -2.34. The number of carbonyl (C=O) groups is 1. The molecule has 1 heterocycles. The lowest BCUT2D eigenvalue weighted by molar-refractivity contribution is 0.137. The molecule has 80 valence electrons. The van der Waals surface area contributed by atoms with E-state index in [0.717, 1.165) is 32.1 Å². The van der Waals surface area contributed by atoms with Crippen LogP contribution in [0.25, 0.3) is 0 Å². The fourth-order valence-electron chi connectivity index (χ4n) is 1.96. The van der Waals surface area contributed by atoms with Gasteiger partial charge in [0.2, 0.25) is 0 Å². The van der Waals surface area contributed by atoms with Crippen LogP contribution >= 0.6 is 0 Å². The molecule has 2 amide bonds. The zero-order valence-electron chi connectivity index (χ0n) is 8.83. The van der Waals surface area contributed by atoms with Gasteiger partial charge in [-0.25, -0.2) is 4.79 Å². The molecule has 0 atom stereocenters. The predicted octanol–water partition coefficient (Wildman–Crippen LogP) is 0.353. The topological polar surface area (TPSA) is 35.6 Å². The second-order valence-corrected chi connectivity index (χ2v) is 4.29. The van der Waals surface area contributed by atoms with Gasteiger partial charge in [-0.3, -0.25) is 4.90 Å². The second kappa shape index (κ2) is 4.17. The van der Waals surface area contributed by atoms with Gasteiger partial charge in [0, 0.05) is 39.8 Å². The first-order chi connectivity index (χ1) is 6.79. The zero-order valence-corrected chi connectivity index (χ0v) is 8.83. The highest BCUT2D eigenvalue weighted by atomic mass is 16.2. The van der Waals surface area contributed by atoms with E-state index in [2.05, 4.69) is 10.2 Å². The Labute approximate surface area is 85.2 Å². The smallest absolute Gasteiger partial charge is 0.317 e. The van der Waals surface area contributed by atoms with E-state index in [-0.39, 0.29) is 6.03 Å². The van der Waals surface area contributed by atoms with Gasteiger partial charge >= 0.3 is 6.03 Å². The first-order valence-electron chi connectivity index (χ1n) is 5.48. The summed E-state index contributed by atoms with van der Waals surface area (Å²) in [6.07, 6.45) is 2.82. The third-order valence-corrected chi connectivity index (χ3v) is 3.09. The van der Waals surface area contributed by atoms with Gasteiger partial charge in [-0.2, -0.15) is 0 Å². The monoisotopic (exact) mass is 197 g/mol. The van der Waals surface area contributed by atoms with Crippen LogP contribution in [-0.2, 0) is 0 Å².